The standard InChI is InChI=1S/C14H15N3O2/c1-10-8-12(6-5-11(10)9-19-2)16-14(18)13-4-3-7-15-17-13/h3-8H,9H2,1-2H3,(H,16,18). The molecule has 1 aromatic heterocycles. The Kier molecular flexibility index (Phi) is 4.20. The van der Waals surface area contributed by atoms with Crippen molar-refractivity contribution in [3.8, 4) is 0 Å². The monoisotopic (exact) mass is 257 g/mol. The number of rotatable bonds is 4. The Bertz CT molecular complexity index is 570. The Hall–Kier alpha value is -2.27. The SMILES string of the molecule is COCc1ccc(NC(=O)c2cccnn2)cc1C. The number of nitrogens with one attached hydrogen (secondary N) is 1. The fraction of sp³-hybridized carbons (Fsp3) is 0.214. The second-order valence-corrected chi connectivity index (χ2v) is 4.14. The van der Waals surface area contributed by atoms with E-state index in [9.17, 15) is 4.79 Å². The lowest BCUT2D eigenvalue weighted by Crippen LogP contribution is -2.14. The minimum absolute atomic E-state index is 0.271. The number of aromatic nitrogens is 2. The molecule has 0 atom stereocenters. The second kappa shape index (κ2) is 6.06. The van der Waals surface area contributed by atoms with Gasteiger partial charge in [-0.3, -0.25) is 4.79 Å². The number of carbonyl (C=O) groups excluding carboxylic acids is 1. The van der Waals surface area contributed by atoms with Gasteiger partial charge in [0, 0.05) is 19.0 Å². The number of hydrogen-bond acceptors (Lipinski definition) is 4. The summed E-state index contributed by atoms with van der Waals surface area (Å²) in [5, 5.41) is 10.2. The predicted octanol–water partition coefficient (Wildman–Crippen LogP) is 2.18. The van der Waals surface area contributed by atoms with Gasteiger partial charge in [-0.2, -0.15) is 5.10 Å². The van der Waals surface area contributed by atoms with Crippen molar-refractivity contribution in [3.05, 3.63) is 53.3 Å². The van der Waals surface area contributed by atoms with Crippen molar-refractivity contribution in [2.24, 2.45) is 0 Å². The zero-order chi connectivity index (χ0) is 13.7. The third-order valence-electron chi connectivity index (χ3n) is 2.71. The first-order valence-electron chi connectivity index (χ1n) is 5.88. The lowest BCUT2D eigenvalue weighted by molar-refractivity contribution is 0.102. The van der Waals surface area contributed by atoms with E-state index in [4.69, 9.17) is 4.74 Å². The Morgan fingerprint density at radius 3 is 2.84 bits per heavy atom. The van der Waals surface area contributed by atoms with Gasteiger partial charge < -0.3 is 10.1 Å². The molecule has 19 heavy (non-hydrogen) atoms. The van der Waals surface area contributed by atoms with Crippen LogP contribution in [-0.2, 0) is 11.3 Å². The quantitative estimate of drug-likeness (QED) is 0.911. The Balaban J connectivity index is 2.12. The number of anilines is 1. The van der Waals surface area contributed by atoms with Crippen LogP contribution in [0.4, 0.5) is 5.69 Å². The number of amides is 1. The molecule has 1 aromatic carbocycles. The molecule has 0 saturated heterocycles. The number of nitrogens with zero attached hydrogens (tertiary/aromatic N) is 2. The van der Waals surface area contributed by atoms with Crippen LogP contribution in [0.15, 0.2) is 36.5 Å². The van der Waals surface area contributed by atoms with E-state index < -0.39 is 0 Å². The molecule has 2 aromatic rings. The van der Waals surface area contributed by atoms with Crippen molar-refractivity contribution in [1.29, 1.82) is 0 Å². The summed E-state index contributed by atoms with van der Waals surface area (Å²) in [6, 6.07) is 8.98. The third-order valence-corrected chi connectivity index (χ3v) is 2.71. The summed E-state index contributed by atoms with van der Waals surface area (Å²) in [6.07, 6.45) is 1.53. The topological polar surface area (TPSA) is 64.1 Å². The number of methoxy groups -OCH3 is 1. The molecule has 0 radical (unpaired) electrons. The van der Waals surface area contributed by atoms with Gasteiger partial charge in [-0.15, -0.1) is 5.10 Å². The first-order valence-corrected chi connectivity index (χ1v) is 5.88. The fourth-order valence-electron chi connectivity index (χ4n) is 1.71. The van der Waals surface area contributed by atoms with E-state index >= 15 is 0 Å². The van der Waals surface area contributed by atoms with Crippen LogP contribution in [0.2, 0.25) is 0 Å². The van der Waals surface area contributed by atoms with Crippen LogP contribution in [0.3, 0.4) is 0 Å². The second-order valence-electron chi connectivity index (χ2n) is 4.14. The summed E-state index contributed by atoms with van der Waals surface area (Å²) in [7, 11) is 1.66. The van der Waals surface area contributed by atoms with Crippen LogP contribution in [0.5, 0.6) is 0 Å². The first-order chi connectivity index (χ1) is 9.20. The highest BCUT2D eigenvalue weighted by atomic mass is 16.5. The van der Waals surface area contributed by atoms with Gasteiger partial charge in [0.15, 0.2) is 5.69 Å². The summed E-state index contributed by atoms with van der Waals surface area (Å²) < 4.78 is 5.09. The van der Waals surface area contributed by atoms with Gasteiger partial charge in [0.1, 0.15) is 0 Å². The Labute approximate surface area is 111 Å². The van der Waals surface area contributed by atoms with E-state index in [2.05, 4.69) is 15.5 Å². The number of benzene rings is 1. The summed E-state index contributed by atoms with van der Waals surface area (Å²) in [4.78, 5) is 11.9. The van der Waals surface area contributed by atoms with Gasteiger partial charge in [0.2, 0.25) is 0 Å². The molecule has 0 unspecified atom stereocenters. The molecule has 0 saturated carbocycles. The molecule has 98 valence electrons. The normalized spacial score (nSPS) is 10.2. The maximum absolute atomic E-state index is 11.9. The van der Waals surface area contributed by atoms with Gasteiger partial charge in [-0.05, 0) is 42.3 Å². The molecular weight excluding hydrogens is 242 g/mol. The number of aryl methyl sites for hydroxylation is 1. The summed E-state index contributed by atoms with van der Waals surface area (Å²) in [5.41, 5.74) is 3.19. The minimum Gasteiger partial charge on any atom is -0.380 e. The van der Waals surface area contributed by atoms with Crippen LogP contribution < -0.4 is 5.32 Å². The lowest BCUT2D eigenvalue weighted by Gasteiger charge is -2.08. The van der Waals surface area contributed by atoms with Crippen LogP contribution in [0.1, 0.15) is 21.6 Å². The summed E-state index contributed by atoms with van der Waals surface area (Å²) in [6.45, 7) is 2.54. The summed E-state index contributed by atoms with van der Waals surface area (Å²) >= 11 is 0. The van der Waals surface area contributed by atoms with Crippen molar-refractivity contribution >= 4 is 11.6 Å². The highest BCUT2D eigenvalue weighted by molar-refractivity contribution is 6.02. The van der Waals surface area contributed by atoms with E-state index in [0.29, 0.717) is 12.3 Å². The molecule has 0 aliphatic carbocycles. The maximum atomic E-state index is 11.9. The van der Waals surface area contributed by atoms with Crippen molar-refractivity contribution in [2.45, 2.75) is 13.5 Å². The maximum Gasteiger partial charge on any atom is 0.276 e. The summed E-state index contributed by atoms with van der Waals surface area (Å²) in [5.74, 6) is -0.271. The third kappa shape index (κ3) is 3.35. The molecule has 5 heteroatoms. The van der Waals surface area contributed by atoms with E-state index in [1.165, 1.54) is 6.20 Å². The van der Waals surface area contributed by atoms with E-state index in [-0.39, 0.29) is 5.91 Å². The molecule has 0 bridgehead atoms. The van der Waals surface area contributed by atoms with Crippen LogP contribution in [-0.4, -0.2) is 23.2 Å². The number of carbonyl (C=O) groups is 1. The molecule has 0 aliphatic rings. The molecule has 0 spiro atoms. The van der Waals surface area contributed by atoms with E-state index in [1.54, 1.807) is 19.2 Å². The molecule has 1 amide bonds. The van der Waals surface area contributed by atoms with Gasteiger partial charge in [-0.1, -0.05) is 6.07 Å². The highest BCUT2D eigenvalue weighted by Gasteiger charge is 2.08. The predicted molar refractivity (Wildman–Crippen MR) is 71.9 cm³/mol. The minimum atomic E-state index is -0.271. The number of ether oxygens (including phenoxy) is 1. The van der Waals surface area contributed by atoms with Crippen molar-refractivity contribution in [1.82, 2.24) is 10.2 Å². The average molecular weight is 257 g/mol. The van der Waals surface area contributed by atoms with Crippen molar-refractivity contribution in [3.63, 3.8) is 0 Å². The zero-order valence-electron chi connectivity index (χ0n) is 10.9. The molecule has 1 N–H and O–H groups in total. The smallest absolute Gasteiger partial charge is 0.276 e. The fourth-order valence-corrected chi connectivity index (χ4v) is 1.71. The Morgan fingerprint density at radius 1 is 1.37 bits per heavy atom. The van der Waals surface area contributed by atoms with Gasteiger partial charge in [0.05, 0.1) is 6.61 Å². The molecular formula is C14H15N3O2. The first kappa shape index (κ1) is 13.2. The van der Waals surface area contributed by atoms with E-state index in [0.717, 1.165) is 16.8 Å². The average Bonchev–Trinajstić information content (AvgIpc) is 2.43. The van der Waals surface area contributed by atoms with Gasteiger partial charge in [0.25, 0.3) is 5.91 Å². The Morgan fingerprint density at radius 2 is 2.21 bits per heavy atom. The van der Waals surface area contributed by atoms with Crippen molar-refractivity contribution in [2.75, 3.05) is 12.4 Å². The zero-order valence-corrected chi connectivity index (χ0v) is 10.9. The lowest BCUT2D eigenvalue weighted by atomic mass is 10.1. The van der Waals surface area contributed by atoms with Crippen LogP contribution in [0.25, 0.3) is 0 Å². The largest absolute Gasteiger partial charge is 0.380 e. The molecule has 2 rings (SSSR count). The highest BCUT2D eigenvalue weighted by Crippen LogP contribution is 2.16. The molecule has 5 nitrogen and oxygen atoms in total. The van der Waals surface area contributed by atoms with Gasteiger partial charge >= 0.3 is 0 Å². The number of hydrogen-bond donors (Lipinski definition) is 1. The van der Waals surface area contributed by atoms with Crippen LogP contribution >= 0.6 is 0 Å². The molecule has 0 aliphatic heterocycles. The van der Waals surface area contributed by atoms with Crippen molar-refractivity contribution < 1.29 is 9.53 Å². The van der Waals surface area contributed by atoms with Crippen LogP contribution in [0, 0.1) is 6.92 Å². The van der Waals surface area contributed by atoms with E-state index in [1.807, 2.05) is 25.1 Å². The van der Waals surface area contributed by atoms with Gasteiger partial charge in [-0.25, -0.2) is 0 Å². The molecule has 0 fully saturated rings. The molecule has 1 heterocycles.